The van der Waals surface area contributed by atoms with Gasteiger partial charge in [0.1, 0.15) is 17.9 Å². The molecule has 3 aromatic rings. The Bertz CT molecular complexity index is 1160. The van der Waals surface area contributed by atoms with Crippen LogP contribution < -0.4 is 9.64 Å². The van der Waals surface area contributed by atoms with Gasteiger partial charge in [-0.2, -0.15) is 13.2 Å². The zero-order valence-electron chi connectivity index (χ0n) is 17.8. The van der Waals surface area contributed by atoms with Gasteiger partial charge in [-0.1, -0.05) is 6.07 Å². The number of carbonyl (C=O) groups excluding carboxylic acids is 2. The monoisotopic (exact) mass is 496 g/mol. The molecule has 3 rings (SSSR count). The second kappa shape index (κ2) is 10.3. The normalized spacial score (nSPS) is 11.2. The molecule has 0 fully saturated rings. The van der Waals surface area contributed by atoms with Gasteiger partial charge in [-0.25, -0.2) is 9.78 Å². The molecule has 1 aromatic heterocycles. The quantitative estimate of drug-likeness (QED) is 0.298. The Morgan fingerprint density at radius 1 is 1.18 bits per heavy atom. The average molecular weight is 497 g/mol. The van der Waals surface area contributed by atoms with Gasteiger partial charge in [0.05, 0.1) is 24.1 Å². The number of amides is 1. The smallest absolute Gasteiger partial charge is 0.416 e. The molecule has 0 spiro atoms. The number of ether oxygens (including phenoxy) is 2. The molecule has 0 bridgehead atoms. The van der Waals surface area contributed by atoms with E-state index in [0.717, 1.165) is 33.3 Å². The van der Waals surface area contributed by atoms with Gasteiger partial charge in [-0.05, 0) is 42.7 Å². The highest BCUT2D eigenvalue weighted by Crippen LogP contribution is 2.35. The lowest BCUT2D eigenvalue weighted by atomic mass is 10.2. The van der Waals surface area contributed by atoms with Crippen molar-refractivity contribution in [2.45, 2.75) is 24.6 Å². The van der Waals surface area contributed by atoms with Crippen LogP contribution >= 0.6 is 23.1 Å². The van der Waals surface area contributed by atoms with Gasteiger partial charge in [-0.15, -0.1) is 23.1 Å². The zero-order chi connectivity index (χ0) is 24.2. The molecule has 0 aliphatic carbocycles. The number of thioether (sulfide) groups is 1. The molecule has 0 radical (unpaired) electrons. The number of nitrogens with zero attached hydrogens (tertiary/aromatic N) is 2. The summed E-state index contributed by atoms with van der Waals surface area (Å²) in [7, 11) is 1.45. The Kier molecular flexibility index (Phi) is 7.65. The van der Waals surface area contributed by atoms with E-state index in [2.05, 4.69) is 4.98 Å². The Balaban J connectivity index is 1.77. The number of anilines is 2. The number of halogens is 3. The maximum absolute atomic E-state index is 13.1. The van der Waals surface area contributed by atoms with Crippen LogP contribution in [0.2, 0.25) is 0 Å². The predicted molar refractivity (Wildman–Crippen MR) is 120 cm³/mol. The Morgan fingerprint density at radius 3 is 2.58 bits per heavy atom. The number of aromatic nitrogens is 1. The summed E-state index contributed by atoms with van der Waals surface area (Å²) in [6.45, 7) is 1.04. The van der Waals surface area contributed by atoms with Crippen LogP contribution in [-0.4, -0.2) is 30.2 Å². The summed E-state index contributed by atoms with van der Waals surface area (Å²) in [5.74, 6) is -0.751. The van der Waals surface area contributed by atoms with Crippen molar-refractivity contribution in [2.75, 3.05) is 18.3 Å². The van der Waals surface area contributed by atoms with Gasteiger partial charge in [0.15, 0.2) is 5.13 Å². The first-order chi connectivity index (χ1) is 15.6. The number of hydrogen-bond acceptors (Lipinski definition) is 7. The Labute approximate surface area is 196 Å². The Morgan fingerprint density at radius 2 is 1.94 bits per heavy atom. The second-order valence-corrected chi connectivity index (χ2v) is 8.38. The van der Waals surface area contributed by atoms with Crippen LogP contribution in [0.3, 0.4) is 0 Å². The van der Waals surface area contributed by atoms with Crippen molar-refractivity contribution in [3.05, 3.63) is 64.7 Å². The van der Waals surface area contributed by atoms with Crippen molar-refractivity contribution in [3.63, 3.8) is 0 Å². The molecule has 11 heteroatoms. The first kappa shape index (κ1) is 24.6. The van der Waals surface area contributed by atoms with E-state index in [1.807, 2.05) is 6.26 Å². The summed E-state index contributed by atoms with van der Waals surface area (Å²) in [4.78, 5) is 31.0. The van der Waals surface area contributed by atoms with Gasteiger partial charge in [0.25, 0.3) is 0 Å². The number of methoxy groups -OCH3 is 1. The molecular formula is C22H19F3N2O4S2. The van der Waals surface area contributed by atoms with E-state index in [1.165, 1.54) is 37.9 Å². The van der Waals surface area contributed by atoms with Gasteiger partial charge in [0.2, 0.25) is 5.91 Å². The second-order valence-electron chi connectivity index (χ2n) is 6.67. The lowest BCUT2D eigenvalue weighted by Crippen LogP contribution is -2.23. The number of benzene rings is 2. The summed E-state index contributed by atoms with van der Waals surface area (Å²) in [5, 5.41) is 1.73. The highest BCUT2D eigenvalue weighted by molar-refractivity contribution is 7.98. The highest BCUT2D eigenvalue weighted by atomic mass is 32.2. The van der Waals surface area contributed by atoms with Crippen LogP contribution in [0.15, 0.2) is 52.7 Å². The number of carbonyl (C=O) groups is 2. The summed E-state index contributed by atoms with van der Waals surface area (Å²) in [6, 6.07) is 9.51. The third-order valence-electron chi connectivity index (χ3n) is 4.46. The lowest BCUT2D eigenvalue weighted by molar-refractivity contribution is -0.137. The van der Waals surface area contributed by atoms with Crippen LogP contribution in [0.5, 0.6) is 5.75 Å². The van der Waals surface area contributed by atoms with Crippen molar-refractivity contribution in [2.24, 2.45) is 0 Å². The molecule has 0 unspecified atom stereocenters. The fourth-order valence-electron chi connectivity index (χ4n) is 2.90. The molecule has 0 aliphatic rings. The largest absolute Gasteiger partial charge is 0.496 e. The van der Waals surface area contributed by atoms with Crippen molar-refractivity contribution in [3.8, 4) is 5.75 Å². The van der Waals surface area contributed by atoms with Crippen LogP contribution in [-0.2, 0) is 22.3 Å². The van der Waals surface area contributed by atoms with Crippen molar-refractivity contribution in [1.29, 1.82) is 0 Å². The molecule has 2 aromatic carbocycles. The Hall–Kier alpha value is -3.05. The summed E-state index contributed by atoms with van der Waals surface area (Å²) in [5.41, 5.74) is -0.242. The van der Waals surface area contributed by atoms with Crippen molar-refractivity contribution in [1.82, 2.24) is 4.98 Å². The molecule has 0 saturated carbocycles. The van der Waals surface area contributed by atoms with Crippen molar-refractivity contribution >= 4 is 45.8 Å². The van der Waals surface area contributed by atoms with E-state index in [-0.39, 0.29) is 23.0 Å². The molecule has 0 aliphatic heterocycles. The highest BCUT2D eigenvalue weighted by Gasteiger charge is 2.31. The van der Waals surface area contributed by atoms with E-state index >= 15 is 0 Å². The minimum absolute atomic E-state index is 0.0360. The van der Waals surface area contributed by atoms with Crippen LogP contribution in [0.1, 0.15) is 28.5 Å². The van der Waals surface area contributed by atoms with Crippen molar-refractivity contribution < 1.29 is 32.2 Å². The van der Waals surface area contributed by atoms with E-state index in [0.29, 0.717) is 11.4 Å². The van der Waals surface area contributed by atoms with Gasteiger partial charge < -0.3 is 9.47 Å². The van der Waals surface area contributed by atoms with Crippen LogP contribution in [0.4, 0.5) is 24.0 Å². The molecule has 174 valence electrons. The topological polar surface area (TPSA) is 68.7 Å². The minimum atomic E-state index is -4.55. The standard InChI is InChI=1S/C22H19F3N2O4S2/c1-13(28)27(16-6-4-5-14(9-16)22(23,24)25)21-26-15(12-33-21)11-31-20(29)18-8-7-17(32-3)10-19(18)30-2/h4-10,12H,11H2,1-3H3. The SMILES string of the molecule is COc1cc(SC)ccc1C(=O)OCc1csc(N(C(C)=O)c2cccc(C(F)(F)F)c2)n1. The molecule has 1 amide bonds. The molecule has 6 nitrogen and oxygen atoms in total. The number of thiazole rings is 1. The minimum Gasteiger partial charge on any atom is -0.496 e. The van der Waals surface area contributed by atoms with E-state index in [4.69, 9.17) is 9.47 Å². The molecule has 0 saturated heterocycles. The molecule has 0 N–H and O–H groups in total. The number of alkyl halides is 3. The first-order valence-electron chi connectivity index (χ1n) is 9.45. The maximum Gasteiger partial charge on any atom is 0.416 e. The van der Waals surface area contributed by atoms with E-state index in [1.54, 1.807) is 23.6 Å². The third kappa shape index (κ3) is 5.85. The first-order valence-corrected chi connectivity index (χ1v) is 11.6. The van der Waals surface area contributed by atoms with Crippen LogP contribution in [0.25, 0.3) is 0 Å². The van der Waals surface area contributed by atoms with Crippen LogP contribution in [0, 0.1) is 0 Å². The predicted octanol–water partition coefficient (Wildman–Crippen LogP) is 5.93. The molecule has 33 heavy (non-hydrogen) atoms. The molecular weight excluding hydrogens is 477 g/mol. The summed E-state index contributed by atoms with van der Waals surface area (Å²) in [6.07, 6.45) is -2.65. The van der Waals surface area contributed by atoms with E-state index < -0.39 is 23.6 Å². The van der Waals surface area contributed by atoms with E-state index in [9.17, 15) is 22.8 Å². The average Bonchev–Trinajstić information content (AvgIpc) is 3.24. The third-order valence-corrected chi connectivity index (χ3v) is 6.06. The zero-order valence-corrected chi connectivity index (χ0v) is 19.4. The van der Waals surface area contributed by atoms with Gasteiger partial charge in [-0.3, -0.25) is 9.69 Å². The fourth-order valence-corrected chi connectivity index (χ4v) is 4.20. The fraction of sp³-hybridized carbons (Fsp3) is 0.227. The van der Waals surface area contributed by atoms with Gasteiger partial charge in [0, 0.05) is 17.2 Å². The number of esters is 1. The molecule has 1 heterocycles. The maximum atomic E-state index is 13.1. The summed E-state index contributed by atoms with van der Waals surface area (Å²) < 4.78 is 49.8. The number of hydrogen-bond donors (Lipinski definition) is 0. The number of rotatable bonds is 7. The lowest BCUT2D eigenvalue weighted by Gasteiger charge is -2.19. The molecule has 0 atom stereocenters. The van der Waals surface area contributed by atoms with Gasteiger partial charge >= 0.3 is 12.1 Å². The summed E-state index contributed by atoms with van der Waals surface area (Å²) >= 11 is 2.55.